The molecule has 4 rings (SSSR count). The van der Waals surface area contributed by atoms with Crippen LogP contribution in [0.5, 0.6) is 0 Å². The fraction of sp³-hybridized carbons (Fsp3) is 0.310. The van der Waals surface area contributed by atoms with E-state index in [9.17, 15) is 13.2 Å². The molecule has 2 atom stereocenters. The molecule has 3 aromatic carbocycles. The van der Waals surface area contributed by atoms with Gasteiger partial charge in [0.25, 0.3) is 0 Å². The van der Waals surface area contributed by atoms with Gasteiger partial charge < -0.3 is 4.74 Å². The van der Waals surface area contributed by atoms with E-state index in [4.69, 9.17) is 4.74 Å². The molecule has 1 saturated heterocycles. The Labute approximate surface area is 193 Å². The van der Waals surface area contributed by atoms with Crippen molar-refractivity contribution in [3.8, 4) is 22.3 Å². The van der Waals surface area contributed by atoms with E-state index in [0.717, 1.165) is 30.4 Å². The van der Waals surface area contributed by atoms with Gasteiger partial charge in [0.15, 0.2) is 11.6 Å². The standard InChI is InChI=1S/C29H29F3O/c1-3-5-21-12-16-26(29(32)28(21)31)20-9-7-19(8-10-20)22-13-15-25(27(30)17-22)23-11-14-24(6-4-2)33-18-23/h4,6-10,12-13,15-17,23-24H,3,5,11,14,18H2,1-2H3. The molecule has 3 aromatic rings. The van der Waals surface area contributed by atoms with Crippen LogP contribution in [0.2, 0.25) is 0 Å². The summed E-state index contributed by atoms with van der Waals surface area (Å²) in [6, 6.07) is 15.7. The number of halogens is 3. The molecule has 0 aliphatic carbocycles. The second-order valence-electron chi connectivity index (χ2n) is 8.64. The number of benzene rings is 3. The van der Waals surface area contributed by atoms with E-state index < -0.39 is 11.6 Å². The van der Waals surface area contributed by atoms with Gasteiger partial charge in [0.1, 0.15) is 5.82 Å². The lowest BCUT2D eigenvalue weighted by molar-refractivity contribution is 0.0319. The van der Waals surface area contributed by atoms with Crippen molar-refractivity contribution >= 4 is 0 Å². The third kappa shape index (κ3) is 5.06. The van der Waals surface area contributed by atoms with E-state index in [1.165, 1.54) is 0 Å². The Morgan fingerprint density at radius 2 is 1.61 bits per heavy atom. The maximum atomic E-state index is 14.9. The van der Waals surface area contributed by atoms with Gasteiger partial charge in [-0.25, -0.2) is 13.2 Å². The zero-order valence-electron chi connectivity index (χ0n) is 19.1. The average molecular weight is 451 g/mol. The summed E-state index contributed by atoms with van der Waals surface area (Å²) >= 11 is 0. The highest BCUT2D eigenvalue weighted by atomic mass is 19.2. The first-order valence-electron chi connectivity index (χ1n) is 11.6. The highest BCUT2D eigenvalue weighted by molar-refractivity contribution is 5.71. The largest absolute Gasteiger partial charge is 0.374 e. The molecule has 2 unspecified atom stereocenters. The zero-order valence-corrected chi connectivity index (χ0v) is 19.1. The molecule has 0 radical (unpaired) electrons. The monoisotopic (exact) mass is 450 g/mol. The molecular formula is C29H29F3O. The maximum Gasteiger partial charge on any atom is 0.166 e. The van der Waals surface area contributed by atoms with Gasteiger partial charge in [0.2, 0.25) is 0 Å². The lowest BCUT2D eigenvalue weighted by Crippen LogP contribution is -2.23. The molecule has 0 aromatic heterocycles. The normalized spacial score (nSPS) is 18.7. The minimum absolute atomic E-state index is 0.0523. The van der Waals surface area contributed by atoms with Crippen LogP contribution in [0.1, 0.15) is 50.2 Å². The van der Waals surface area contributed by atoms with Gasteiger partial charge in [-0.15, -0.1) is 0 Å². The molecule has 0 saturated carbocycles. The SMILES string of the molecule is CC=CC1CCC(c2ccc(-c3ccc(-c4ccc(CCC)c(F)c4F)cc3)cc2F)CO1. The molecule has 0 amide bonds. The topological polar surface area (TPSA) is 9.23 Å². The van der Waals surface area contributed by atoms with E-state index >= 15 is 0 Å². The molecule has 0 bridgehead atoms. The third-order valence-corrected chi connectivity index (χ3v) is 6.37. The van der Waals surface area contributed by atoms with Gasteiger partial charge in [-0.1, -0.05) is 74.0 Å². The van der Waals surface area contributed by atoms with Gasteiger partial charge in [0.05, 0.1) is 12.7 Å². The van der Waals surface area contributed by atoms with Crippen molar-refractivity contribution in [1.29, 1.82) is 0 Å². The number of rotatable bonds is 6. The van der Waals surface area contributed by atoms with Gasteiger partial charge in [-0.2, -0.15) is 0 Å². The summed E-state index contributed by atoms with van der Waals surface area (Å²) < 4.78 is 49.7. The molecule has 0 N–H and O–H groups in total. The van der Waals surface area contributed by atoms with Crippen molar-refractivity contribution in [2.24, 2.45) is 0 Å². The molecule has 0 spiro atoms. The Morgan fingerprint density at radius 1 is 0.879 bits per heavy atom. The van der Waals surface area contributed by atoms with E-state index in [-0.39, 0.29) is 23.4 Å². The van der Waals surface area contributed by atoms with Crippen LogP contribution < -0.4 is 0 Å². The van der Waals surface area contributed by atoms with Crippen LogP contribution in [0.15, 0.2) is 66.7 Å². The number of aryl methyl sites for hydroxylation is 1. The summed E-state index contributed by atoms with van der Waals surface area (Å²) in [5, 5.41) is 0. The predicted molar refractivity (Wildman–Crippen MR) is 128 cm³/mol. The maximum absolute atomic E-state index is 14.9. The second-order valence-corrected chi connectivity index (χ2v) is 8.64. The number of allylic oxidation sites excluding steroid dienone is 1. The van der Waals surface area contributed by atoms with Crippen molar-refractivity contribution in [1.82, 2.24) is 0 Å². The predicted octanol–water partition coefficient (Wildman–Crippen LogP) is 8.23. The van der Waals surface area contributed by atoms with Crippen molar-refractivity contribution < 1.29 is 17.9 Å². The molecule has 1 aliphatic heterocycles. The fourth-order valence-electron chi connectivity index (χ4n) is 4.54. The quantitative estimate of drug-likeness (QED) is 0.344. The Hall–Kier alpha value is -2.85. The molecule has 1 heterocycles. The highest BCUT2D eigenvalue weighted by Gasteiger charge is 2.24. The van der Waals surface area contributed by atoms with Gasteiger partial charge >= 0.3 is 0 Å². The summed E-state index contributed by atoms with van der Waals surface area (Å²) in [6.07, 6.45) is 7.18. The average Bonchev–Trinajstić information content (AvgIpc) is 2.83. The molecule has 172 valence electrons. The van der Waals surface area contributed by atoms with Crippen LogP contribution in [0.4, 0.5) is 13.2 Å². The van der Waals surface area contributed by atoms with E-state index in [1.807, 2.05) is 50.3 Å². The number of hydrogen-bond donors (Lipinski definition) is 0. The number of ether oxygens (including phenoxy) is 1. The van der Waals surface area contributed by atoms with Crippen LogP contribution in [0.3, 0.4) is 0 Å². The summed E-state index contributed by atoms with van der Waals surface area (Å²) in [6.45, 7) is 4.42. The van der Waals surface area contributed by atoms with E-state index in [1.54, 1.807) is 30.3 Å². The first kappa shape index (κ1) is 23.3. The Morgan fingerprint density at radius 3 is 2.24 bits per heavy atom. The smallest absolute Gasteiger partial charge is 0.166 e. The lowest BCUT2D eigenvalue weighted by atomic mass is 9.89. The zero-order chi connectivity index (χ0) is 23.4. The van der Waals surface area contributed by atoms with Crippen molar-refractivity contribution in [3.63, 3.8) is 0 Å². The number of hydrogen-bond acceptors (Lipinski definition) is 1. The van der Waals surface area contributed by atoms with Crippen molar-refractivity contribution in [3.05, 3.63) is 95.3 Å². The van der Waals surface area contributed by atoms with E-state index in [2.05, 4.69) is 0 Å². The Kier molecular flexibility index (Phi) is 7.34. The Bertz CT molecular complexity index is 1130. The second kappa shape index (κ2) is 10.4. The van der Waals surface area contributed by atoms with Gasteiger partial charge in [-0.05, 0) is 60.1 Å². The highest BCUT2D eigenvalue weighted by Crippen LogP contribution is 2.33. The summed E-state index contributed by atoms with van der Waals surface area (Å²) in [7, 11) is 0. The van der Waals surface area contributed by atoms with Crippen LogP contribution in [0.25, 0.3) is 22.3 Å². The van der Waals surface area contributed by atoms with Crippen LogP contribution in [-0.2, 0) is 11.2 Å². The van der Waals surface area contributed by atoms with E-state index in [0.29, 0.717) is 29.7 Å². The first-order chi connectivity index (χ1) is 16.0. The molecular weight excluding hydrogens is 421 g/mol. The molecule has 1 fully saturated rings. The minimum Gasteiger partial charge on any atom is -0.374 e. The molecule has 1 nitrogen and oxygen atoms in total. The molecule has 33 heavy (non-hydrogen) atoms. The Balaban J connectivity index is 1.52. The van der Waals surface area contributed by atoms with Crippen LogP contribution >= 0.6 is 0 Å². The van der Waals surface area contributed by atoms with Gasteiger partial charge in [-0.3, -0.25) is 0 Å². The summed E-state index contributed by atoms with van der Waals surface area (Å²) in [5.74, 6) is -1.79. The lowest BCUT2D eigenvalue weighted by Gasteiger charge is -2.28. The van der Waals surface area contributed by atoms with Crippen LogP contribution in [-0.4, -0.2) is 12.7 Å². The third-order valence-electron chi connectivity index (χ3n) is 6.37. The first-order valence-corrected chi connectivity index (χ1v) is 11.6. The summed E-state index contributed by atoms with van der Waals surface area (Å²) in [5.41, 5.74) is 3.46. The van der Waals surface area contributed by atoms with Crippen LogP contribution in [0, 0.1) is 17.5 Å². The van der Waals surface area contributed by atoms with Crippen molar-refractivity contribution in [2.75, 3.05) is 6.61 Å². The molecule has 4 heteroatoms. The minimum atomic E-state index is -0.824. The van der Waals surface area contributed by atoms with Gasteiger partial charge in [0, 0.05) is 11.5 Å². The van der Waals surface area contributed by atoms with Crippen molar-refractivity contribution in [2.45, 2.75) is 51.6 Å². The summed E-state index contributed by atoms with van der Waals surface area (Å²) in [4.78, 5) is 0. The molecule has 1 aliphatic rings. The fourth-order valence-corrected chi connectivity index (χ4v) is 4.54.